The van der Waals surface area contributed by atoms with Crippen LogP contribution in [0.4, 0.5) is 0 Å². The third-order valence-corrected chi connectivity index (χ3v) is 2.01. The van der Waals surface area contributed by atoms with Gasteiger partial charge in [0.05, 0.1) is 18.9 Å². The lowest BCUT2D eigenvalue weighted by molar-refractivity contribution is -0.0233. The lowest BCUT2D eigenvalue weighted by Gasteiger charge is -2.05. The number of allylic oxidation sites excluding steroid dienone is 1. The first-order chi connectivity index (χ1) is 7.77. The van der Waals surface area contributed by atoms with Gasteiger partial charge in [-0.15, -0.1) is 0 Å². The molecule has 0 amide bonds. The van der Waals surface area contributed by atoms with Crippen LogP contribution >= 0.6 is 0 Å². The van der Waals surface area contributed by atoms with E-state index in [0.717, 1.165) is 38.7 Å². The van der Waals surface area contributed by atoms with Crippen molar-refractivity contribution in [3.8, 4) is 0 Å². The van der Waals surface area contributed by atoms with Gasteiger partial charge >= 0.3 is 0 Å². The molecule has 0 aromatic carbocycles. The third kappa shape index (κ3) is 12.9. The fourth-order valence-electron chi connectivity index (χ4n) is 1.17. The highest BCUT2D eigenvalue weighted by molar-refractivity contribution is 5.32. The minimum atomic E-state index is 0.295. The molecule has 0 saturated heterocycles. The maximum absolute atomic E-state index is 9.76. The first-order valence-electron chi connectivity index (χ1n) is 5.67. The second-order valence-electron chi connectivity index (χ2n) is 3.61. The lowest BCUT2D eigenvalue weighted by atomic mass is 10.1. The summed E-state index contributed by atoms with van der Waals surface area (Å²) in [7, 11) is 0. The zero-order valence-corrected chi connectivity index (χ0v) is 10.0. The molecule has 0 aliphatic carbocycles. The Kier molecular flexibility index (Phi) is 11.1. The predicted molar refractivity (Wildman–Crippen MR) is 62.8 cm³/mol. The van der Waals surface area contributed by atoms with Crippen molar-refractivity contribution in [2.75, 3.05) is 19.9 Å². The molecule has 0 atom stereocenters. The Morgan fingerprint density at radius 1 is 1.25 bits per heavy atom. The summed E-state index contributed by atoms with van der Waals surface area (Å²) in [5.74, 6) is 0.677. The molecule has 0 aromatic rings. The minimum absolute atomic E-state index is 0.295. The topological polar surface area (TPSA) is 47.9 Å². The van der Waals surface area contributed by atoms with Crippen LogP contribution in [0.25, 0.3) is 0 Å². The predicted octanol–water partition coefficient (Wildman–Crippen LogP) is 2.80. The summed E-state index contributed by atoms with van der Waals surface area (Å²) in [6.45, 7) is 7.02. The van der Waals surface area contributed by atoms with E-state index < -0.39 is 0 Å². The number of isocyanates is 1. The SMILES string of the molecule is C=C(C)OCOCCCCCCCN=C=O. The molecule has 0 N–H and O–H groups in total. The number of ether oxygens (including phenoxy) is 2. The van der Waals surface area contributed by atoms with Gasteiger partial charge in [0.15, 0.2) is 6.79 Å². The fraction of sp³-hybridized carbons (Fsp3) is 0.750. The van der Waals surface area contributed by atoms with Crippen LogP contribution in [-0.2, 0) is 14.3 Å². The highest BCUT2D eigenvalue weighted by atomic mass is 16.7. The number of unbranched alkanes of at least 4 members (excludes halogenated alkanes) is 4. The van der Waals surface area contributed by atoms with Gasteiger partial charge in [-0.05, 0) is 19.8 Å². The molecule has 0 saturated carbocycles. The van der Waals surface area contributed by atoms with E-state index in [-0.39, 0.29) is 0 Å². The quantitative estimate of drug-likeness (QED) is 0.179. The van der Waals surface area contributed by atoms with Crippen LogP contribution in [-0.4, -0.2) is 26.0 Å². The molecular weight excluding hydrogens is 206 g/mol. The fourth-order valence-corrected chi connectivity index (χ4v) is 1.17. The molecule has 92 valence electrons. The zero-order valence-electron chi connectivity index (χ0n) is 10.0. The summed E-state index contributed by atoms with van der Waals surface area (Å²) in [5.41, 5.74) is 0. The van der Waals surface area contributed by atoms with Gasteiger partial charge in [0, 0.05) is 0 Å². The summed E-state index contributed by atoms with van der Waals surface area (Å²) < 4.78 is 10.3. The van der Waals surface area contributed by atoms with Crippen molar-refractivity contribution in [3.63, 3.8) is 0 Å². The number of aliphatic imine (C=N–C) groups is 1. The Hall–Kier alpha value is -1.12. The Bertz CT molecular complexity index is 212. The van der Waals surface area contributed by atoms with Crippen molar-refractivity contribution in [3.05, 3.63) is 12.3 Å². The van der Waals surface area contributed by atoms with E-state index in [2.05, 4.69) is 11.6 Å². The number of rotatable bonds is 11. The standard InChI is InChI=1S/C12H21NO3/c1-12(2)16-11-15-9-7-5-3-4-6-8-13-10-14/h1,3-9,11H2,2H3. The molecular formula is C12H21NO3. The second kappa shape index (κ2) is 12.0. The van der Waals surface area contributed by atoms with E-state index >= 15 is 0 Å². The third-order valence-electron chi connectivity index (χ3n) is 2.01. The smallest absolute Gasteiger partial charge is 0.234 e. The molecule has 0 aliphatic heterocycles. The maximum Gasteiger partial charge on any atom is 0.234 e. The monoisotopic (exact) mass is 227 g/mol. The molecule has 0 aliphatic rings. The first-order valence-corrected chi connectivity index (χ1v) is 5.67. The Morgan fingerprint density at radius 2 is 1.94 bits per heavy atom. The molecule has 4 nitrogen and oxygen atoms in total. The van der Waals surface area contributed by atoms with Gasteiger partial charge < -0.3 is 9.47 Å². The van der Waals surface area contributed by atoms with Crippen molar-refractivity contribution < 1.29 is 14.3 Å². The van der Waals surface area contributed by atoms with Gasteiger partial charge in [-0.1, -0.05) is 25.8 Å². The number of carbonyl (C=O) groups excluding carboxylic acids is 1. The van der Waals surface area contributed by atoms with Crippen molar-refractivity contribution >= 4 is 6.08 Å². The van der Waals surface area contributed by atoms with E-state index in [0.29, 0.717) is 19.1 Å². The average molecular weight is 227 g/mol. The van der Waals surface area contributed by atoms with Gasteiger partial charge in [0.2, 0.25) is 6.08 Å². The first kappa shape index (κ1) is 14.9. The molecule has 0 spiro atoms. The highest BCUT2D eigenvalue weighted by Gasteiger charge is 1.92. The Labute approximate surface area is 97.3 Å². The molecule has 0 aromatic heterocycles. The van der Waals surface area contributed by atoms with Gasteiger partial charge in [0.1, 0.15) is 0 Å². The maximum atomic E-state index is 9.76. The summed E-state index contributed by atoms with van der Waals surface area (Å²) in [6, 6.07) is 0. The normalized spacial score (nSPS) is 9.56. The van der Waals surface area contributed by atoms with Crippen molar-refractivity contribution in [1.29, 1.82) is 0 Å². The van der Waals surface area contributed by atoms with Crippen LogP contribution in [0.2, 0.25) is 0 Å². The van der Waals surface area contributed by atoms with Crippen LogP contribution in [0, 0.1) is 0 Å². The zero-order chi connectivity index (χ0) is 12.1. The van der Waals surface area contributed by atoms with E-state index in [1.54, 1.807) is 6.92 Å². The molecule has 4 heteroatoms. The Balaban J connectivity index is 2.98. The van der Waals surface area contributed by atoms with Crippen LogP contribution in [0.1, 0.15) is 39.0 Å². The minimum Gasteiger partial charge on any atom is -0.473 e. The highest BCUT2D eigenvalue weighted by Crippen LogP contribution is 2.03. The number of hydrogen-bond donors (Lipinski definition) is 0. The van der Waals surface area contributed by atoms with Crippen molar-refractivity contribution in [2.24, 2.45) is 4.99 Å². The Morgan fingerprint density at radius 3 is 2.62 bits per heavy atom. The summed E-state index contributed by atoms with van der Waals surface area (Å²) in [5, 5.41) is 0. The molecule has 0 unspecified atom stereocenters. The molecule has 0 bridgehead atoms. The van der Waals surface area contributed by atoms with Crippen LogP contribution in [0.15, 0.2) is 17.3 Å². The van der Waals surface area contributed by atoms with E-state index in [9.17, 15) is 4.79 Å². The number of hydrogen-bond acceptors (Lipinski definition) is 4. The van der Waals surface area contributed by atoms with Gasteiger partial charge in [-0.2, -0.15) is 0 Å². The van der Waals surface area contributed by atoms with Gasteiger partial charge in [-0.25, -0.2) is 9.79 Å². The molecule has 0 heterocycles. The summed E-state index contributed by atoms with van der Waals surface area (Å²) in [6.07, 6.45) is 6.93. The van der Waals surface area contributed by atoms with Crippen LogP contribution < -0.4 is 0 Å². The molecule has 0 rings (SSSR count). The largest absolute Gasteiger partial charge is 0.473 e. The lowest BCUT2D eigenvalue weighted by Crippen LogP contribution is -1.99. The summed E-state index contributed by atoms with van der Waals surface area (Å²) in [4.78, 5) is 13.3. The van der Waals surface area contributed by atoms with E-state index in [1.165, 1.54) is 6.08 Å². The van der Waals surface area contributed by atoms with Crippen molar-refractivity contribution in [2.45, 2.75) is 39.0 Å². The van der Waals surface area contributed by atoms with Crippen molar-refractivity contribution in [1.82, 2.24) is 0 Å². The average Bonchev–Trinajstić information content (AvgIpc) is 2.25. The molecule has 0 fully saturated rings. The molecule has 0 radical (unpaired) electrons. The second-order valence-corrected chi connectivity index (χ2v) is 3.61. The van der Waals surface area contributed by atoms with Crippen LogP contribution in [0.3, 0.4) is 0 Å². The van der Waals surface area contributed by atoms with E-state index in [1.807, 2.05) is 0 Å². The van der Waals surface area contributed by atoms with E-state index in [4.69, 9.17) is 9.47 Å². The number of nitrogens with zero attached hydrogens (tertiary/aromatic N) is 1. The van der Waals surface area contributed by atoms with Crippen LogP contribution in [0.5, 0.6) is 0 Å². The van der Waals surface area contributed by atoms with Gasteiger partial charge in [0.25, 0.3) is 0 Å². The molecule has 16 heavy (non-hydrogen) atoms. The summed E-state index contributed by atoms with van der Waals surface area (Å²) >= 11 is 0. The van der Waals surface area contributed by atoms with Gasteiger partial charge in [-0.3, -0.25) is 0 Å².